The normalized spacial score (nSPS) is 12.3. The van der Waals surface area contributed by atoms with Crippen molar-refractivity contribution in [1.82, 2.24) is 24.9 Å². The van der Waals surface area contributed by atoms with Crippen LogP contribution < -0.4 is 10.1 Å². The fourth-order valence-electron chi connectivity index (χ4n) is 2.97. The Morgan fingerprint density at radius 2 is 1.93 bits per heavy atom. The van der Waals surface area contributed by atoms with Gasteiger partial charge < -0.3 is 10.1 Å². The second-order valence-electron chi connectivity index (χ2n) is 6.52. The van der Waals surface area contributed by atoms with Crippen molar-refractivity contribution in [2.24, 2.45) is 5.92 Å². The predicted octanol–water partition coefficient (Wildman–Crippen LogP) is 3.41. The molecule has 2 heterocycles. The summed E-state index contributed by atoms with van der Waals surface area (Å²) in [5.74, 6) is 1.44. The van der Waals surface area contributed by atoms with Gasteiger partial charge in [0.05, 0.1) is 18.8 Å². The molecule has 1 aromatic carbocycles. The topological polar surface area (TPSA) is 81.4 Å². The van der Waals surface area contributed by atoms with Crippen LogP contribution in [0, 0.1) is 5.92 Å². The van der Waals surface area contributed by atoms with E-state index in [0.29, 0.717) is 11.5 Å². The molecule has 0 aliphatic carbocycles. The van der Waals surface area contributed by atoms with Gasteiger partial charge in [0.15, 0.2) is 11.5 Å². The molecule has 7 nitrogen and oxygen atoms in total. The first-order chi connectivity index (χ1) is 13.0. The van der Waals surface area contributed by atoms with E-state index in [1.807, 2.05) is 51.1 Å². The third-order valence-electron chi connectivity index (χ3n) is 4.73. The number of nitrogens with zero attached hydrogens (tertiary/aromatic N) is 4. The highest BCUT2D eigenvalue weighted by Crippen LogP contribution is 2.22. The predicted molar refractivity (Wildman–Crippen MR) is 103 cm³/mol. The molecule has 0 spiro atoms. The van der Waals surface area contributed by atoms with E-state index < -0.39 is 0 Å². The van der Waals surface area contributed by atoms with E-state index in [2.05, 4.69) is 20.4 Å². The van der Waals surface area contributed by atoms with Crippen molar-refractivity contribution >= 4 is 11.6 Å². The largest absolute Gasteiger partial charge is 0.497 e. The molecule has 1 atom stereocenters. The Bertz CT molecular complexity index is 916. The summed E-state index contributed by atoms with van der Waals surface area (Å²) in [6.07, 6.45) is 3.28. The Hall–Kier alpha value is -2.96. The van der Waals surface area contributed by atoms with Crippen LogP contribution in [0.4, 0.5) is 0 Å². The van der Waals surface area contributed by atoms with Gasteiger partial charge in [-0.05, 0) is 44.0 Å². The van der Waals surface area contributed by atoms with E-state index in [4.69, 9.17) is 4.74 Å². The first kappa shape index (κ1) is 18.8. The SMILES string of the molecule is CCC(CC)C(=O)N[C@H](C)c1nc2cc(-c3ccc(OC)cc3)ncn2n1. The molecule has 0 aliphatic rings. The molecule has 7 heteroatoms. The number of hydrogen-bond acceptors (Lipinski definition) is 5. The summed E-state index contributed by atoms with van der Waals surface area (Å²) < 4.78 is 6.82. The maximum atomic E-state index is 12.3. The first-order valence-corrected chi connectivity index (χ1v) is 9.22. The Labute approximate surface area is 158 Å². The van der Waals surface area contributed by atoms with Crippen molar-refractivity contribution in [1.29, 1.82) is 0 Å². The third-order valence-corrected chi connectivity index (χ3v) is 4.73. The highest BCUT2D eigenvalue weighted by molar-refractivity contribution is 5.78. The molecular weight excluding hydrogens is 342 g/mol. The number of methoxy groups -OCH3 is 1. The summed E-state index contributed by atoms with van der Waals surface area (Å²) in [4.78, 5) is 21.3. The number of carbonyl (C=O) groups is 1. The molecular formula is C20H25N5O2. The maximum Gasteiger partial charge on any atom is 0.223 e. The molecule has 1 N–H and O–H groups in total. The minimum atomic E-state index is -0.262. The number of ether oxygens (including phenoxy) is 1. The van der Waals surface area contributed by atoms with Crippen molar-refractivity contribution < 1.29 is 9.53 Å². The Kier molecular flexibility index (Phi) is 5.69. The minimum Gasteiger partial charge on any atom is -0.497 e. The molecule has 2 aromatic heterocycles. The fraction of sp³-hybridized carbons (Fsp3) is 0.400. The Balaban J connectivity index is 1.81. The average molecular weight is 367 g/mol. The van der Waals surface area contributed by atoms with E-state index in [9.17, 15) is 4.79 Å². The second kappa shape index (κ2) is 8.16. The molecule has 0 unspecified atom stereocenters. The van der Waals surface area contributed by atoms with Crippen molar-refractivity contribution in [3.8, 4) is 17.0 Å². The monoisotopic (exact) mass is 367 g/mol. The molecule has 1 amide bonds. The van der Waals surface area contributed by atoms with Crippen molar-refractivity contribution in [2.75, 3.05) is 7.11 Å². The van der Waals surface area contributed by atoms with Gasteiger partial charge >= 0.3 is 0 Å². The quantitative estimate of drug-likeness (QED) is 0.692. The van der Waals surface area contributed by atoms with Crippen LogP contribution in [0.3, 0.4) is 0 Å². The molecule has 0 saturated heterocycles. The average Bonchev–Trinajstić information content (AvgIpc) is 3.12. The van der Waals surface area contributed by atoms with Crippen LogP contribution in [0.15, 0.2) is 36.7 Å². The lowest BCUT2D eigenvalue weighted by Gasteiger charge is -2.15. The van der Waals surface area contributed by atoms with Gasteiger partial charge in [0.2, 0.25) is 5.91 Å². The van der Waals surface area contributed by atoms with E-state index >= 15 is 0 Å². The number of fused-ring (bicyclic) bond motifs is 1. The lowest BCUT2D eigenvalue weighted by atomic mass is 10.0. The first-order valence-electron chi connectivity index (χ1n) is 9.22. The van der Waals surface area contributed by atoms with Crippen LogP contribution in [0.2, 0.25) is 0 Å². The molecule has 0 radical (unpaired) electrons. The number of benzene rings is 1. The van der Waals surface area contributed by atoms with E-state index in [1.165, 1.54) is 0 Å². The van der Waals surface area contributed by atoms with Crippen molar-refractivity contribution in [3.63, 3.8) is 0 Å². The van der Waals surface area contributed by atoms with Crippen LogP contribution in [-0.2, 0) is 4.79 Å². The number of nitrogens with one attached hydrogen (secondary N) is 1. The van der Waals surface area contributed by atoms with Gasteiger partial charge in [-0.2, -0.15) is 0 Å². The van der Waals surface area contributed by atoms with Gasteiger partial charge in [0.1, 0.15) is 12.1 Å². The van der Waals surface area contributed by atoms with Crippen LogP contribution in [-0.4, -0.2) is 32.6 Å². The zero-order valence-corrected chi connectivity index (χ0v) is 16.1. The van der Waals surface area contributed by atoms with Crippen LogP contribution in [0.1, 0.15) is 45.5 Å². The summed E-state index contributed by atoms with van der Waals surface area (Å²) in [5.41, 5.74) is 2.46. The molecule has 0 aliphatic heterocycles. The maximum absolute atomic E-state index is 12.3. The lowest BCUT2D eigenvalue weighted by Crippen LogP contribution is -2.32. The highest BCUT2D eigenvalue weighted by atomic mass is 16.5. The van der Waals surface area contributed by atoms with Gasteiger partial charge in [-0.3, -0.25) is 4.79 Å². The van der Waals surface area contributed by atoms with E-state index in [-0.39, 0.29) is 17.9 Å². The van der Waals surface area contributed by atoms with Gasteiger partial charge in [0.25, 0.3) is 0 Å². The Morgan fingerprint density at radius 1 is 1.22 bits per heavy atom. The summed E-state index contributed by atoms with van der Waals surface area (Å²) in [7, 11) is 1.64. The smallest absolute Gasteiger partial charge is 0.223 e. The minimum absolute atomic E-state index is 0.0211. The molecule has 0 bridgehead atoms. The molecule has 0 saturated carbocycles. The van der Waals surface area contributed by atoms with Crippen LogP contribution in [0.25, 0.3) is 16.9 Å². The molecule has 0 fully saturated rings. The van der Waals surface area contributed by atoms with Crippen LogP contribution in [0.5, 0.6) is 5.75 Å². The van der Waals surface area contributed by atoms with Crippen molar-refractivity contribution in [3.05, 3.63) is 42.5 Å². The zero-order chi connectivity index (χ0) is 19.4. The van der Waals surface area contributed by atoms with Crippen LogP contribution >= 0.6 is 0 Å². The molecule has 27 heavy (non-hydrogen) atoms. The highest BCUT2D eigenvalue weighted by Gasteiger charge is 2.20. The van der Waals surface area contributed by atoms with Gasteiger partial charge in [-0.15, -0.1) is 5.10 Å². The number of hydrogen-bond donors (Lipinski definition) is 1. The number of aromatic nitrogens is 4. The van der Waals surface area contributed by atoms with Gasteiger partial charge in [-0.1, -0.05) is 13.8 Å². The molecule has 3 rings (SSSR count). The van der Waals surface area contributed by atoms with E-state index in [0.717, 1.165) is 29.8 Å². The summed E-state index contributed by atoms with van der Waals surface area (Å²) in [5, 5.41) is 7.45. The fourth-order valence-corrected chi connectivity index (χ4v) is 2.97. The number of carbonyl (C=O) groups excluding carboxylic acids is 1. The Morgan fingerprint density at radius 3 is 2.56 bits per heavy atom. The number of rotatable bonds is 7. The number of amides is 1. The van der Waals surface area contributed by atoms with Gasteiger partial charge in [0, 0.05) is 17.5 Å². The standard InChI is InChI=1S/C20H25N5O2/c1-5-14(6-2)20(26)22-13(3)19-23-18-11-17(21-12-25(18)24-19)15-7-9-16(27-4)10-8-15/h7-14H,5-6H2,1-4H3,(H,22,26)/t13-/m1/s1. The van der Waals surface area contributed by atoms with E-state index in [1.54, 1.807) is 18.0 Å². The molecule has 142 valence electrons. The third kappa shape index (κ3) is 4.07. The lowest BCUT2D eigenvalue weighted by molar-refractivity contribution is -0.125. The summed E-state index contributed by atoms with van der Waals surface area (Å²) >= 11 is 0. The second-order valence-corrected chi connectivity index (χ2v) is 6.52. The molecule has 3 aromatic rings. The summed E-state index contributed by atoms with van der Waals surface area (Å²) in [6.45, 7) is 5.94. The van der Waals surface area contributed by atoms with Gasteiger partial charge in [-0.25, -0.2) is 14.5 Å². The van der Waals surface area contributed by atoms with Crippen molar-refractivity contribution in [2.45, 2.75) is 39.7 Å². The zero-order valence-electron chi connectivity index (χ0n) is 16.1. The summed E-state index contributed by atoms with van der Waals surface area (Å²) in [6, 6.07) is 9.31.